The Labute approximate surface area is 113 Å². The fourth-order valence-corrected chi connectivity index (χ4v) is 1.47. The number of ether oxygens (including phenoxy) is 2. The molecule has 0 bridgehead atoms. The number of aldehydes is 1. The van der Waals surface area contributed by atoms with Crippen LogP contribution in [0.1, 0.15) is 17.3 Å². The molecule has 0 N–H and O–H groups in total. The molecule has 1 rings (SSSR count). The molecule has 0 fully saturated rings. The van der Waals surface area contributed by atoms with Crippen molar-refractivity contribution in [2.45, 2.75) is 6.92 Å². The summed E-state index contributed by atoms with van der Waals surface area (Å²) in [5.74, 6) is -0.605. The molecule has 1 aromatic rings. The molecular formula is C11H10ClNO6. The third-order valence-corrected chi connectivity index (χ3v) is 2.35. The summed E-state index contributed by atoms with van der Waals surface area (Å²) in [6, 6.07) is 2.10. The summed E-state index contributed by atoms with van der Waals surface area (Å²) in [6.45, 7) is 1.45. The van der Waals surface area contributed by atoms with E-state index in [0.29, 0.717) is 6.29 Å². The average molecular weight is 288 g/mol. The highest BCUT2D eigenvalue weighted by Gasteiger charge is 2.18. The number of hydrogen-bond donors (Lipinski definition) is 0. The van der Waals surface area contributed by atoms with E-state index in [1.807, 2.05) is 0 Å². The lowest BCUT2D eigenvalue weighted by Gasteiger charge is -2.08. The largest absolute Gasteiger partial charge is 0.480 e. The van der Waals surface area contributed by atoms with Gasteiger partial charge in [0, 0.05) is 6.07 Å². The Kier molecular flexibility index (Phi) is 5.25. The van der Waals surface area contributed by atoms with E-state index in [1.54, 1.807) is 6.92 Å². The molecule has 0 atom stereocenters. The van der Waals surface area contributed by atoms with Crippen molar-refractivity contribution in [3.05, 3.63) is 32.8 Å². The number of nitro benzene ring substituents is 1. The molecule has 102 valence electrons. The number of nitrogens with zero attached hydrogens (tertiary/aromatic N) is 1. The number of nitro groups is 1. The summed E-state index contributed by atoms with van der Waals surface area (Å²) >= 11 is 5.77. The van der Waals surface area contributed by atoms with Crippen LogP contribution in [0.15, 0.2) is 12.1 Å². The van der Waals surface area contributed by atoms with Crippen molar-refractivity contribution in [3.63, 3.8) is 0 Å². The molecule has 7 nitrogen and oxygen atoms in total. The van der Waals surface area contributed by atoms with Gasteiger partial charge in [0.1, 0.15) is 5.75 Å². The number of esters is 1. The minimum absolute atomic E-state index is 0.00224. The van der Waals surface area contributed by atoms with Gasteiger partial charge in [0.15, 0.2) is 12.9 Å². The number of carbonyl (C=O) groups is 2. The molecule has 0 radical (unpaired) electrons. The van der Waals surface area contributed by atoms with Gasteiger partial charge in [-0.25, -0.2) is 4.79 Å². The fourth-order valence-electron chi connectivity index (χ4n) is 1.26. The van der Waals surface area contributed by atoms with Crippen LogP contribution in [0.25, 0.3) is 0 Å². The Morgan fingerprint density at radius 3 is 2.74 bits per heavy atom. The van der Waals surface area contributed by atoms with Crippen LogP contribution in [0, 0.1) is 10.1 Å². The van der Waals surface area contributed by atoms with Crippen LogP contribution in [0.2, 0.25) is 5.02 Å². The van der Waals surface area contributed by atoms with Crippen LogP contribution in [-0.4, -0.2) is 30.4 Å². The van der Waals surface area contributed by atoms with Crippen LogP contribution < -0.4 is 4.74 Å². The van der Waals surface area contributed by atoms with Crippen molar-refractivity contribution in [1.82, 2.24) is 0 Å². The molecular weight excluding hydrogens is 278 g/mol. The molecule has 19 heavy (non-hydrogen) atoms. The van der Waals surface area contributed by atoms with Gasteiger partial charge in [-0.2, -0.15) is 0 Å². The maximum Gasteiger partial charge on any atom is 0.344 e. The van der Waals surface area contributed by atoms with E-state index in [-0.39, 0.29) is 22.9 Å². The standard InChI is InChI=1S/C11H10ClNO6/c1-2-18-11(15)6-19-10-3-7(5-14)9(13(16)17)4-8(10)12/h3-5H,2,6H2,1H3. The van der Waals surface area contributed by atoms with Gasteiger partial charge in [-0.15, -0.1) is 0 Å². The first kappa shape index (κ1) is 14.9. The van der Waals surface area contributed by atoms with E-state index in [2.05, 4.69) is 4.74 Å². The van der Waals surface area contributed by atoms with Gasteiger partial charge in [-0.3, -0.25) is 14.9 Å². The minimum Gasteiger partial charge on any atom is -0.480 e. The van der Waals surface area contributed by atoms with Gasteiger partial charge in [0.2, 0.25) is 0 Å². The normalized spacial score (nSPS) is 9.79. The van der Waals surface area contributed by atoms with Crippen LogP contribution in [-0.2, 0) is 9.53 Å². The number of halogens is 1. The van der Waals surface area contributed by atoms with E-state index in [0.717, 1.165) is 12.1 Å². The lowest BCUT2D eigenvalue weighted by Crippen LogP contribution is -2.14. The third-order valence-electron chi connectivity index (χ3n) is 2.06. The molecule has 0 amide bonds. The molecule has 0 spiro atoms. The van der Waals surface area contributed by atoms with Gasteiger partial charge in [-0.1, -0.05) is 11.6 Å². The average Bonchev–Trinajstić information content (AvgIpc) is 2.37. The topological polar surface area (TPSA) is 95.7 Å². The van der Waals surface area contributed by atoms with Gasteiger partial charge in [0.25, 0.3) is 5.69 Å². The molecule has 0 unspecified atom stereocenters. The van der Waals surface area contributed by atoms with Crippen molar-refractivity contribution in [2.75, 3.05) is 13.2 Å². The predicted molar refractivity (Wildman–Crippen MR) is 65.6 cm³/mol. The summed E-state index contributed by atoms with van der Waals surface area (Å²) in [6.07, 6.45) is 0.311. The van der Waals surface area contributed by atoms with Crippen molar-refractivity contribution >= 4 is 29.5 Å². The second kappa shape index (κ2) is 6.69. The summed E-state index contributed by atoms with van der Waals surface area (Å²) in [5.41, 5.74) is -0.614. The molecule has 8 heteroatoms. The second-order valence-electron chi connectivity index (χ2n) is 3.31. The Hall–Kier alpha value is -2.15. The number of hydrogen-bond acceptors (Lipinski definition) is 6. The third kappa shape index (κ3) is 3.92. The zero-order chi connectivity index (χ0) is 14.4. The van der Waals surface area contributed by atoms with Crippen LogP contribution >= 0.6 is 11.6 Å². The zero-order valence-corrected chi connectivity index (χ0v) is 10.7. The van der Waals surface area contributed by atoms with Crippen molar-refractivity contribution < 1.29 is 24.0 Å². The first-order valence-electron chi connectivity index (χ1n) is 5.21. The van der Waals surface area contributed by atoms with Crippen molar-refractivity contribution in [3.8, 4) is 5.75 Å². The maximum atomic E-state index is 11.1. The fraction of sp³-hybridized carbons (Fsp3) is 0.273. The van der Waals surface area contributed by atoms with E-state index in [9.17, 15) is 19.7 Å². The number of rotatable bonds is 6. The SMILES string of the molecule is CCOC(=O)COc1cc(C=O)c([N+](=O)[O-])cc1Cl. The summed E-state index contributed by atoms with van der Waals surface area (Å²) in [5, 5.41) is 10.6. The van der Waals surface area contributed by atoms with E-state index in [1.165, 1.54) is 0 Å². The lowest BCUT2D eigenvalue weighted by molar-refractivity contribution is -0.385. The highest BCUT2D eigenvalue weighted by molar-refractivity contribution is 6.32. The highest BCUT2D eigenvalue weighted by Crippen LogP contribution is 2.31. The van der Waals surface area contributed by atoms with Gasteiger partial charge >= 0.3 is 5.97 Å². The van der Waals surface area contributed by atoms with Gasteiger partial charge < -0.3 is 9.47 Å². The van der Waals surface area contributed by atoms with E-state index >= 15 is 0 Å². The number of carbonyl (C=O) groups excluding carboxylic acids is 2. The molecule has 0 aromatic heterocycles. The Balaban J connectivity index is 2.94. The van der Waals surface area contributed by atoms with Gasteiger partial charge in [0.05, 0.1) is 22.1 Å². The molecule has 1 aromatic carbocycles. The Morgan fingerprint density at radius 2 is 2.21 bits per heavy atom. The summed E-state index contributed by atoms with van der Waals surface area (Å²) in [4.78, 5) is 31.8. The Bertz CT molecular complexity index is 516. The van der Waals surface area contributed by atoms with Crippen molar-refractivity contribution in [1.29, 1.82) is 0 Å². The summed E-state index contributed by atoms with van der Waals surface area (Å²) in [7, 11) is 0. The smallest absolute Gasteiger partial charge is 0.344 e. The lowest BCUT2D eigenvalue weighted by atomic mass is 10.2. The van der Waals surface area contributed by atoms with Crippen molar-refractivity contribution in [2.24, 2.45) is 0 Å². The molecule has 0 aliphatic carbocycles. The molecule has 0 heterocycles. The predicted octanol–water partition coefficient (Wildman–Crippen LogP) is 2.00. The van der Waals surface area contributed by atoms with Gasteiger partial charge in [-0.05, 0) is 13.0 Å². The van der Waals surface area contributed by atoms with E-state index < -0.39 is 23.2 Å². The van der Waals surface area contributed by atoms with Crippen LogP contribution in [0.3, 0.4) is 0 Å². The zero-order valence-electron chi connectivity index (χ0n) is 9.92. The molecule has 0 saturated heterocycles. The highest BCUT2D eigenvalue weighted by atomic mass is 35.5. The van der Waals surface area contributed by atoms with Crippen LogP contribution in [0.4, 0.5) is 5.69 Å². The summed E-state index contributed by atoms with van der Waals surface area (Å²) < 4.78 is 9.68. The van der Waals surface area contributed by atoms with Crippen LogP contribution in [0.5, 0.6) is 5.75 Å². The molecule has 0 aliphatic heterocycles. The molecule has 0 aliphatic rings. The Morgan fingerprint density at radius 1 is 1.53 bits per heavy atom. The first-order chi connectivity index (χ1) is 8.99. The number of benzene rings is 1. The minimum atomic E-state index is -0.731. The second-order valence-corrected chi connectivity index (χ2v) is 3.72. The molecule has 0 saturated carbocycles. The first-order valence-corrected chi connectivity index (χ1v) is 5.59. The quantitative estimate of drug-likeness (QED) is 0.344. The van der Waals surface area contributed by atoms with E-state index in [4.69, 9.17) is 16.3 Å². The maximum absolute atomic E-state index is 11.1. The monoisotopic (exact) mass is 287 g/mol.